The van der Waals surface area contributed by atoms with Crippen LogP contribution in [0.4, 0.5) is 0 Å². The molecule has 0 saturated carbocycles. The van der Waals surface area contributed by atoms with E-state index in [0.29, 0.717) is 25.3 Å². The maximum atomic E-state index is 13.4. The number of carbonyl (C=O) groups is 1. The average Bonchev–Trinajstić information content (AvgIpc) is 2.82. The molecule has 0 aliphatic carbocycles. The van der Waals surface area contributed by atoms with E-state index in [2.05, 4.69) is 12.1 Å². The van der Waals surface area contributed by atoms with Gasteiger partial charge in [0.05, 0.1) is 12.6 Å². The highest BCUT2D eigenvalue weighted by Gasteiger charge is 2.43. The Morgan fingerprint density at radius 1 is 0.935 bits per heavy atom. The highest BCUT2D eigenvalue weighted by Crippen LogP contribution is 2.35. The minimum Gasteiger partial charge on any atom is -0.483 e. The fourth-order valence-corrected chi connectivity index (χ4v) is 4.41. The maximum Gasteiger partial charge on any atom is 0.276 e. The standard InChI is InChI=1S/C25H24N2O4/c28-21-12-14-26-20(16-18-8-3-1-4-9-18)25-27(13-7-15-30-25)24(29)22(26)23(21)31-17-19-10-5-2-6-11-19/h1-6,8-12,14,20,25H,7,13,15-17H2/t20-,25-/m0/s1. The van der Waals surface area contributed by atoms with Crippen molar-refractivity contribution in [2.24, 2.45) is 0 Å². The van der Waals surface area contributed by atoms with Gasteiger partial charge >= 0.3 is 0 Å². The second-order valence-electron chi connectivity index (χ2n) is 7.91. The molecule has 6 heteroatoms. The van der Waals surface area contributed by atoms with E-state index in [1.54, 1.807) is 11.1 Å². The van der Waals surface area contributed by atoms with Crippen molar-refractivity contribution in [2.75, 3.05) is 13.2 Å². The molecule has 2 atom stereocenters. The van der Waals surface area contributed by atoms with Crippen LogP contribution in [0.1, 0.15) is 34.1 Å². The molecular weight excluding hydrogens is 392 g/mol. The molecule has 1 aromatic heterocycles. The Balaban J connectivity index is 1.56. The van der Waals surface area contributed by atoms with Crippen LogP contribution < -0.4 is 10.2 Å². The summed E-state index contributed by atoms with van der Waals surface area (Å²) in [6, 6.07) is 21.1. The van der Waals surface area contributed by atoms with Crippen LogP contribution in [0.25, 0.3) is 0 Å². The van der Waals surface area contributed by atoms with Gasteiger partial charge in [0.2, 0.25) is 5.43 Å². The molecule has 6 nitrogen and oxygen atoms in total. The molecule has 0 spiro atoms. The fraction of sp³-hybridized carbons (Fsp3) is 0.280. The van der Waals surface area contributed by atoms with Gasteiger partial charge in [-0.1, -0.05) is 60.7 Å². The summed E-state index contributed by atoms with van der Waals surface area (Å²) in [7, 11) is 0. The zero-order chi connectivity index (χ0) is 21.2. The summed E-state index contributed by atoms with van der Waals surface area (Å²) >= 11 is 0. The van der Waals surface area contributed by atoms with Gasteiger partial charge in [-0.3, -0.25) is 9.59 Å². The molecule has 1 saturated heterocycles. The number of nitrogens with zero attached hydrogens (tertiary/aromatic N) is 2. The lowest BCUT2D eigenvalue weighted by molar-refractivity contribution is -0.111. The second-order valence-corrected chi connectivity index (χ2v) is 7.91. The maximum absolute atomic E-state index is 13.4. The molecule has 0 N–H and O–H groups in total. The minimum atomic E-state index is -0.363. The number of ether oxygens (including phenoxy) is 2. The summed E-state index contributed by atoms with van der Waals surface area (Å²) in [5.74, 6) is -0.104. The summed E-state index contributed by atoms with van der Waals surface area (Å²) in [5.41, 5.74) is 2.11. The lowest BCUT2D eigenvalue weighted by Crippen LogP contribution is -2.56. The molecule has 0 bridgehead atoms. The first kappa shape index (κ1) is 19.6. The van der Waals surface area contributed by atoms with Crippen molar-refractivity contribution in [1.29, 1.82) is 0 Å². The predicted octanol–water partition coefficient (Wildman–Crippen LogP) is 3.41. The summed E-state index contributed by atoms with van der Waals surface area (Å²) in [6.07, 6.45) is 2.80. The first-order chi connectivity index (χ1) is 15.2. The van der Waals surface area contributed by atoms with E-state index in [-0.39, 0.29) is 36.0 Å². The lowest BCUT2D eigenvalue weighted by atomic mass is 9.99. The van der Waals surface area contributed by atoms with Crippen LogP contribution in [-0.4, -0.2) is 34.8 Å². The highest BCUT2D eigenvalue weighted by atomic mass is 16.5. The molecule has 0 unspecified atom stereocenters. The van der Waals surface area contributed by atoms with E-state index in [9.17, 15) is 9.59 Å². The quantitative estimate of drug-likeness (QED) is 0.640. The van der Waals surface area contributed by atoms with Crippen molar-refractivity contribution in [3.63, 3.8) is 0 Å². The van der Waals surface area contributed by atoms with Crippen molar-refractivity contribution in [3.8, 4) is 5.75 Å². The number of benzene rings is 2. The minimum absolute atomic E-state index is 0.110. The van der Waals surface area contributed by atoms with Crippen molar-refractivity contribution in [2.45, 2.75) is 31.7 Å². The number of hydrogen-bond acceptors (Lipinski definition) is 4. The Morgan fingerprint density at radius 2 is 1.65 bits per heavy atom. The van der Waals surface area contributed by atoms with E-state index in [0.717, 1.165) is 17.5 Å². The van der Waals surface area contributed by atoms with Gasteiger partial charge in [-0.2, -0.15) is 0 Å². The number of amides is 1. The largest absolute Gasteiger partial charge is 0.483 e. The lowest BCUT2D eigenvalue weighted by Gasteiger charge is -2.45. The Kier molecular flexibility index (Phi) is 5.30. The Hall–Kier alpha value is -3.38. The van der Waals surface area contributed by atoms with Gasteiger partial charge in [0.25, 0.3) is 5.91 Å². The van der Waals surface area contributed by atoms with Crippen LogP contribution in [0.3, 0.4) is 0 Å². The van der Waals surface area contributed by atoms with Crippen molar-refractivity contribution in [3.05, 3.63) is 100.0 Å². The third kappa shape index (κ3) is 3.75. The van der Waals surface area contributed by atoms with Gasteiger partial charge in [0, 0.05) is 18.8 Å². The van der Waals surface area contributed by atoms with Gasteiger partial charge in [0.15, 0.2) is 17.7 Å². The van der Waals surface area contributed by atoms with Crippen molar-refractivity contribution >= 4 is 5.91 Å². The van der Waals surface area contributed by atoms with Crippen molar-refractivity contribution in [1.82, 2.24) is 9.47 Å². The summed E-state index contributed by atoms with van der Waals surface area (Å²) in [6.45, 7) is 1.45. The first-order valence-corrected chi connectivity index (χ1v) is 10.6. The molecule has 2 aromatic carbocycles. The zero-order valence-electron chi connectivity index (χ0n) is 17.1. The van der Waals surface area contributed by atoms with Crippen LogP contribution in [-0.2, 0) is 17.8 Å². The Morgan fingerprint density at radius 3 is 2.39 bits per heavy atom. The molecule has 0 radical (unpaired) electrons. The third-order valence-corrected chi connectivity index (χ3v) is 5.89. The number of aromatic nitrogens is 1. The summed E-state index contributed by atoms with van der Waals surface area (Å²) in [4.78, 5) is 27.9. The van der Waals surface area contributed by atoms with Crippen LogP contribution >= 0.6 is 0 Å². The van der Waals surface area contributed by atoms with E-state index >= 15 is 0 Å². The molecule has 2 aliphatic rings. The molecule has 5 rings (SSSR count). The van der Waals surface area contributed by atoms with Crippen molar-refractivity contribution < 1.29 is 14.3 Å². The number of carbonyl (C=O) groups excluding carboxylic acids is 1. The molecule has 1 fully saturated rings. The number of hydrogen-bond donors (Lipinski definition) is 0. The fourth-order valence-electron chi connectivity index (χ4n) is 4.41. The zero-order valence-corrected chi connectivity index (χ0v) is 17.1. The number of fused-ring (bicyclic) bond motifs is 2. The van der Waals surface area contributed by atoms with Gasteiger partial charge < -0.3 is 18.9 Å². The first-order valence-electron chi connectivity index (χ1n) is 10.6. The predicted molar refractivity (Wildman–Crippen MR) is 116 cm³/mol. The van der Waals surface area contributed by atoms with Crippen LogP contribution in [0.15, 0.2) is 77.7 Å². The second kappa shape index (κ2) is 8.40. The van der Waals surface area contributed by atoms with Gasteiger partial charge in [-0.05, 0) is 24.0 Å². The van der Waals surface area contributed by atoms with Crippen LogP contribution in [0, 0.1) is 0 Å². The van der Waals surface area contributed by atoms with Crippen LogP contribution in [0.5, 0.6) is 5.75 Å². The molecule has 2 aliphatic heterocycles. The molecule has 3 aromatic rings. The summed E-state index contributed by atoms with van der Waals surface area (Å²) in [5, 5.41) is 0. The molecule has 158 valence electrons. The normalized spacial score (nSPS) is 20.1. The van der Waals surface area contributed by atoms with E-state index in [4.69, 9.17) is 9.47 Å². The summed E-state index contributed by atoms with van der Waals surface area (Å²) < 4.78 is 13.9. The molecular formula is C25H24N2O4. The molecule has 31 heavy (non-hydrogen) atoms. The van der Waals surface area contributed by atoms with E-state index in [1.807, 2.05) is 53.1 Å². The number of pyridine rings is 1. The van der Waals surface area contributed by atoms with E-state index in [1.165, 1.54) is 6.07 Å². The van der Waals surface area contributed by atoms with Gasteiger partial charge in [-0.25, -0.2) is 0 Å². The Bertz CT molecular complexity index is 1130. The average molecular weight is 416 g/mol. The highest BCUT2D eigenvalue weighted by molar-refractivity contribution is 5.96. The number of rotatable bonds is 5. The third-order valence-electron chi connectivity index (χ3n) is 5.89. The van der Waals surface area contributed by atoms with Crippen LogP contribution in [0.2, 0.25) is 0 Å². The van der Waals surface area contributed by atoms with E-state index < -0.39 is 0 Å². The SMILES string of the molecule is O=C1c2c(OCc3ccccc3)c(=O)ccn2[C@@H](Cc2ccccc2)[C@@H]2OCCCN12. The smallest absolute Gasteiger partial charge is 0.276 e. The topological polar surface area (TPSA) is 60.8 Å². The molecule has 3 heterocycles. The molecule has 1 amide bonds. The Labute approximate surface area is 180 Å². The monoisotopic (exact) mass is 416 g/mol. The van der Waals surface area contributed by atoms with Gasteiger partial charge in [-0.15, -0.1) is 0 Å². The van der Waals surface area contributed by atoms with Gasteiger partial charge in [0.1, 0.15) is 6.61 Å².